The van der Waals surface area contributed by atoms with Crippen molar-refractivity contribution in [1.29, 1.82) is 0 Å². The van der Waals surface area contributed by atoms with Crippen LogP contribution in [0.4, 0.5) is 11.4 Å². The van der Waals surface area contributed by atoms with Gasteiger partial charge < -0.3 is 9.47 Å². The molecule has 0 unspecified atom stereocenters. The first kappa shape index (κ1) is 19.6. The molecule has 0 bridgehead atoms. The Bertz CT molecular complexity index is 922. The number of anilines is 2. The number of halogens is 1. The van der Waals surface area contributed by atoms with E-state index in [9.17, 15) is 9.59 Å². The molecule has 1 amide bonds. The minimum atomic E-state index is -0.241. The monoisotopic (exact) mass is 439 g/mol. The van der Waals surface area contributed by atoms with Gasteiger partial charge in [-0.15, -0.1) is 0 Å². The van der Waals surface area contributed by atoms with Crippen LogP contribution in [-0.2, 0) is 4.79 Å². The molecular weight excluding hydrogens is 422 g/mol. The zero-order valence-electron chi connectivity index (χ0n) is 15.2. The third-order valence-electron chi connectivity index (χ3n) is 4.04. The number of nitrogens with zero attached hydrogens (tertiary/aromatic N) is 1. The summed E-state index contributed by atoms with van der Waals surface area (Å²) in [5.74, 6) is 0.508. The average Bonchev–Trinajstić information content (AvgIpc) is 2.74. The Kier molecular flexibility index (Phi) is 6.45. The summed E-state index contributed by atoms with van der Waals surface area (Å²) in [5, 5.41) is 0. The maximum atomic E-state index is 13.0. The van der Waals surface area contributed by atoms with Gasteiger partial charge in [0.05, 0.1) is 7.11 Å². The third kappa shape index (κ3) is 4.40. The van der Waals surface area contributed by atoms with Gasteiger partial charge in [0.25, 0.3) is 5.91 Å². The summed E-state index contributed by atoms with van der Waals surface area (Å²) >= 11 is 3.32. The fourth-order valence-corrected chi connectivity index (χ4v) is 3.12. The van der Waals surface area contributed by atoms with E-state index in [0.717, 1.165) is 11.4 Å². The predicted octanol–water partition coefficient (Wildman–Crippen LogP) is 5.01. The van der Waals surface area contributed by atoms with Crippen LogP contribution < -0.4 is 14.4 Å². The van der Waals surface area contributed by atoms with Gasteiger partial charge in [0.1, 0.15) is 0 Å². The highest BCUT2D eigenvalue weighted by Crippen LogP contribution is 2.33. The van der Waals surface area contributed by atoms with Crippen LogP contribution in [0.25, 0.3) is 0 Å². The van der Waals surface area contributed by atoms with Gasteiger partial charge in [0.15, 0.2) is 24.4 Å². The first-order valence-corrected chi connectivity index (χ1v) is 9.32. The van der Waals surface area contributed by atoms with Crippen molar-refractivity contribution >= 4 is 39.5 Å². The fraction of sp³-hybridized carbons (Fsp3) is 0.0909. The maximum Gasteiger partial charge on any atom is 0.269 e. The molecule has 0 aliphatic heterocycles. The normalized spacial score (nSPS) is 10.2. The molecule has 6 heteroatoms. The topological polar surface area (TPSA) is 55.8 Å². The Balaban J connectivity index is 1.86. The SMILES string of the molecule is COc1cc(C=O)c(Br)cc1OCC(=O)N(c1ccccc1)c1ccccc1. The molecule has 0 N–H and O–H groups in total. The van der Waals surface area contributed by atoms with Gasteiger partial charge in [-0.2, -0.15) is 0 Å². The van der Waals surface area contributed by atoms with Crippen molar-refractivity contribution in [3.8, 4) is 11.5 Å². The second-order valence-electron chi connectivity index (χ2n) is 5.83. The second-order valence-corrected chi connectivity index (χ2v) is 6.69. The van der Waals surface area contributed by atoms with Crippen LogP contribution in [0, 0.1) is 0 Å². The number of carbonyl (C=O) groups excluding carboxylic acids is 2. The number of hydrogen-bond acceptors (Lipinski definition) is 4. The van der Waals surface area contributed by atoms with E-state index in [1.165, 1.54) is 7.11 Å². The van der Waals surface area contributed by atoms with Crippen LogP contribution >= 0.6 is 15.9 Å². The molecule has 0 spiro atoms. The lowest BCUT2D eigenvalue weighted by Crippen LogP contribution is -2.31. The van der Waals surface area contributed by atoms with E-state index < -0.39 is 0 Å². The molecule has 0 aliphatic carbocycles. The number of benzene rings is 3. The molecule has 0 aromatic heterocycles. The van der Waals surface area contributed by atoms with Gasteiger partial charge in [0.2, 0.25) is 0 Å². The summed E-state index contributed by atoms with van der Waals surface area (Å²) in [6, 6.07) is 21.9. The quantitative estimate of drug-likeness (QED) is 0.485. The van der Waals surface area contributed by atoms with Crippen LogP contribution in [-0.4, -0.2) is 25.9 Å². The number of para-hydroxylation sites is 2. The zero-order valence-corrected chi connectivity index (χ0v) is 16.8. The highest BCUT2D eigenvalue weighted by molar-refractivity contribution is 9.10. The molecule has 0 atom stereocenters. The molecule has 28 heavy (non-hydrogen) atoms. The van der Waals surface area contributed by atoms with E-state index in [1.54, 1.807) is 17.0 Å². The van der Waals surface area contributed by atoms with Gasteiger partial charge in [-0.25, -0.2) is 0 Å². The van der Waals surface area contributed by atoms with Crippen molar-refractivity contribution < 1.29 is 19.1 Å². The molecule has 0 fully saturated rings. The molecule has 0 saturated heterocycles. The highest BCUT2D eigenvalue weighted by atomic mass is 79.9. The largest absolute Gasteiger partial charge is 0.493 e. The lowest BCUT2D eigenvalue weighted by Gasteiger charge is -2.23. The van der Waals surface area contributed by atoms with Crippen LogP contribution in [0.1, 0.15) is 10.4 Å². The van der Waals surface area contributed by atoms with E-state index in [-0.39, 0.29) is 12.5 Å². The highest BCUT2D eigenvalue weighted by Gasteiger charge is 2.19. The Hall–Kier alpha value is -3.12. The number of hydrogen-bond donors (Lipinski definition) is 0. The second kappa shape index (κ2) is 9.19. The van der Waals surface area contributed by atoms with E-state index in [2.05, 4.69) is 15.9 Å². The lowest BCUT2D eigenvalue weighted by molar-refractivity contribution is -0.119. The van der Waals surface area contributed by atoms with Gasteiger partial charge in [-0.05, 0) is 52.3 Å². The number of aldehydes is 1. The van der Waals surface area contributed by atoms with E-state index in [1.807, 2.05) is 60.7 Å². The summed E-state index contributed by atoms with van der Waals surface area (Å²) in [4.78, 5) is 25.7. The predicted molar refractivity (Wildman–Crippen MR) is 112 cm³/mol. The minimum Gasteiger partial charge on any atom is -0.493 e. The van der Waals surface area contributed by atoms with Crippen LogP contribution in [0.2, 0.25) is 0 Å². The summed E-state index contributed by atoms with van der Waals surface area (Å²) < 4.78 is 11.6. The summed E-state index contributed by atoms with van der Waals surface area (Å²) in [7, 11) is 1.48. The fourth-order valence-electron chi connectivity index (χ4n) is 2.71. The number of carbonyl (C=O) groups is 2. The van der Waals surface area contributed by atoms with Crippen molar-refractivity contribution in [2.75, 3.05) is 18.6 Å². The molecule has 0 heterocycles. The van der Waals surface area contributed by atoms with Gasteiger partial charge in [-0.1, -0.05) is 36.4 Å². The number of amides is 1. The Labute approximate surface area is 171 Å². The molecular formula is C22H18BrNO4. The molecule has 3 rings (SSSR count). The first-order valence-electron chi connectivity index (χ1n) is 8.52. The van der Waals surface area contributed by atoms with Crippen LogP contribution in [0.15, 0.2) is 77.3 Å². The third-order valence-corrected chi connectivity index (χ3v) is 4.73. The molecule has 0 aliphatic rings. The van der Waals surface area contributed by atoms with Gasteiger partial charge in [0, 0.05) is 21.4 Å². The number of methoxy groups -OCH3 is 1. The summed E-state index contributed by atoms with van der Waals surface area (Å²) in [5.41, 5.74) is 1.92. The minimum absolute atomic E-state index is 0.201. The first-order chi connectivity index (χ1) is 13.6. The Morgan fingerprint density at radius 2 is 1.54 bits per heavy atom. The van der Waals surface area contributed by atoms with Crippen molar-refractivity contribution in [2.24, 2.45) is 0 Å². The van der Waals surface area contributed by atoms with Crippen molar-refractivity contribution in [3.05, 3.63) is 82.8 Å². The Morgan fingerprint density at radius 1 is 0.964 bits per heavy atom. The smallest absolute Gasteiger partial charge is 0.269 e. The zero-order chi connectivity index (χ0) is 19.9. The average molecular weight is 440 g/mol. The van der Waals surface area contributed by atoms with E-state index in [0.29, 0.717) is 27.8 Å². The molecule has 5 nitrogen and oxygen atoms in total. The number of ether oxygens (including phenoxy) is 2. The number of rotatable bonds is 7. The van der Waals surface area contributed by atoms with Crippen LogP contribution in [0.5, 0.6) is 11.5 Å². The molecule has 142 valence electrons. The van der Waals surface area contributed by atoms with Gasteiger partial charge >= 0.3 is 0 Å². The maximum absolute atomic E-state index is 13.0. The Morgan fingerprint density at radius 3 is 2.04 bits per heavy atom. The van der Waals surface area contributed by atoms with E-state index >= 15 is 0 Å². The molecule has 3 aromatic rings. The van der Waals surface area contributed by atoms with Crippen molar-refractivity contribution in [3.63, 3.8) is 0 Å². The standard InChI is InChI=1S/C22H18BrNO4/c1-27-20-12-16(14-25)19(23)13-21(20)28-15-22(26)24(17-8-4-2-5-9-17)18-10-6-3-7-11-18/h2-14H,15H2,1H3. The van der Waals surface area contributed by atoms with Crippen molar-refractivity contribution in [1.82, 2.24) is 0 Å². The molecule has 0 radical (unpaired) electrons. The molecule has 3 aromatic carbocycles. The lowest BCUT2D eigenvalue weighted by atomic mass is 10.2. The molecule has 0 saturated carbocycles. The van der Waals surface area contributed by atoms with Gasteiger partial charge in [-0.3, -0.25) is 14.5 Å². The van der Waals surface area contributed by atoms with E-state index in [4.69, 9.17) is 9.47 Å². The van der Waals surface area contributed by atoms with Crippen molar-refractivity contribution in [2.45, 2.75) is 0 Å². The van der Waals surface area contributed by atoms with Crippen LogP contribution in [0.3, 0.4) is 0 Å². The summed E-state index contributed by atoms with van der Waals surface area (Å²) in [6.07, 6.45) is 0.716. The summed E-state index contributed by atoms with van der Waals surface area (Å²) in [6.45, 7) is -0.201.